The summed E-state index contributed by atoms with van der Waals surface area (Å²) in [4.78, 5) is 2.50. The number of rotatable bonds is 7. The van der Waals surface area contributed by atoms with Gasteiger partial charge in [-0.2, -0.15) is 11.8 Å². The monoisotopic (exact) mass is 246 g/mol. The van der Waals surface area contributed by atoms with Crippen LogP contribution in [0.1, 0.15) is 20.3 Å². The summed E-state index contributed by atoms with van der Waals surface area (Å²) in [6, 6.07) is 0.642. The van der Waals surface area contributed by atoms with Crippen LogP contribution in [0.15, 0.2) is 0 Å². The van der Waals surface area contributed by atoms with E-state index in [1.807, 2.05) is 11.8 Å². The summed E-state index contributed by atoms with van der Waals surface area (Å²) in [5.41, 5.74) is 0. The second-order valence-corrected chi connectivity index (χ2v) is 5.62. The molecule has 0 aromatic rings. The molecular formula is C12H26N2OS. The van der Waals surface area contributed by atoms with Crippen LogP contribution in [0.4, 0.5) is 0 Å². The molecule has 96 valence electrons. The predicted molar refractivity (Wildman–Crippen MR) is 72.3 cm³/mol. The van der Waals surface area contributed by atoms with Gasteiger partial charge in [0.05, 0.1) is 12.7 Å². The van der Waals surface area contributed by atoms with E-state index in [0.29, 0.717) is 12.1 Å². The Bertz CT molecular complexity index is 178. The van der Waals surface area contributed by atoms with Gasteiger partial charge in [-0.1, -0.05) is 0 Å². The molecule has 1 atom stereocenters. The van der Waals surface area contributed by atoms with E-state index < -0.39 is 0 Å². The molecule has 1 heterocycles. The van der Waals surface area contributed by atoms with Crippen molar-refractivity contribution in [2.45, 2.75) is 32.4 Å². The minimum atomic E-state index is 0.380. The molecule has 0 radical (unpaired) electrons. The summed E-state index contributed by atoms with van der Waals surface area (Å²) < 4.78 is 5.76. The van der Waals surface area contributed by atoms with Gasteiger partial charge in [0.1, 0.15) is 0 Å². The molecule has 0 saturated carbocycles. The third kappa shape index (κ3) is 5.53. The van der Waals surface area contributed by atoms with Gasteiger partial charge in [0, 0.05) is 25.7 Å². The number of nitrogens with zero attached hydrogens (tertiary/aromatic N) is 1. The van der Waals surface area contributed by atoms with Crippen LogP contribution in [-0.4, -0.2) is 61.8 Å². The number of thioether (sulfide) groups is 1. The SMILES string of the molecule is CSCCCNCC1CN(C(C)C)CCO1. The topological polar surface area (TPSA) is 24.5 Å². The van der Waals surface area contributed by atoms with Crippen molar-refractivity contribution in [1.82, 2.24) is 10.2 Å². The van der Waals surface area contributed by atoms with Crippen molar-refractivity contribution in [3.05, 3.63) is 0 Å². The summed E-state index contributed by atoms with van der Waals surface area (Å²) >= 11 is 1.91. The molecule has 3 nitrogen and oxygen atoms in total. The quantitative estimate of drug-likeness (QED) is 0.687. The van der Waals surface area contributed by atoms with Crippen LogP contribution in [0.25, 0.3) is 0 Å². The Balaban J connectivity index is 2.07. The van der Waals surface area contributed by atoms with Crippen molar-refractivity contribution < 1.29 is 4.74 Å². The Kier molecular flexibility index (Phi) is 7.45. The normalized spacial score (nSPS) is 22.9. The van der Waals surface area contributed by atoms with Crippen molar-refractivity contribution >= 4 is 11.8 Å². The number of hydrogen-bond acceptors (Lipinski definition) is 4. The molecule has 1 aliphatic heterocycles. The van der Waals surface area contributed by atoms with Crippen molar-refractivity contribution in [2.75, 3.05) is 44.8 Å². The fourth-order valence-corrected chi connectivity index (χ4v) is 2.37. The highest BCUT2D eigenvalue weighted by molar-refractivity contribution is 7.98. The molecule has 1 fully saturated rings. The highest BCUT2D eigenvalue weighted by Crippen LogP contribution is 2.07. The first-order valence-corrected chi connectivity index (χ1v) is 7.68. The van der Waals surface area contributed by atoms with Gasteiger partial charge in [-0.3, -0.25) is 4.90 Å². The summed E-state index contributed by atoms with van der Waals surface area (Å²) in [7, 11) is 0. The fraction of sp³-hybridized carbons (Fsp3) is 1.00. The number of nitrogens with one attached hydrogen (secondary N) is 1. The Labute approximate surface area is 104 Å². The lowest BCUT2D eigenvalue weighted by atomic mass is 10.2. The molecule has 1 N–H and O–H groups in total. The largest absolute Gasteiger partial charge is 0.374 e. The van der Waals surface area contributed by atoms with Crippen molar-refractivity contribution in [1.29, 1.82) is 0 Å². The summed E-state index contributed by atoms with van der Waals surface area (Å²) in [5.74, 6) is 1.25. The molecule has 1 rings (SSSR count). The van der Waals surface area contributed by atoms with Gasteiger partial charge >= 0.3 is 0 Å². The van der Waals surface area contributed by atoms with E-state index in [1.165, 1.54) is 12.2 Å². The third-order valence-corrected chi connectivity index (χ3v) is 3.67. The van der Waals surface area contributed by atoms with Gasteiger partial charge in [0.2, 0.25) is 0 Å². The predicted octanol–water partition coefficient (Wildman–Crippen LogP) is 1.44. The number of hydrogen-bond donors (Lipinski definition) is 1. The van der Waals surface area contributed by atoms with Crippen LogP contribution in [0.5, 0.6) is 0 Å². The maximum Gasteiger partial charge on any atom is 0.0826 e. The molecule has 4 heteroatoms. The van der Waals surface area contributed by atoms with E-state index in [9.17, 15) is 0 Å². The average Bonchev–Trinajstić information content (AvgIpc) is 2.29. The standard InChI is InChI=1S/C12H26N2OS/c1-11(2)14-6-7-15-12(10-14)9-13-5-4-8-16-3/h11-13H,4-10H2,1-3H3. The first kappa shape index (κ1) is 14.3. The summed E-state index contributed by atoms with van der Waals surface area (Å²) in [6.07, 6.45) is 3.79. The first-order chi connectivity index (χ1) is 7.74. The minimum absolute atomic E-state index is 0.380. The molecule has 0 bridgehead atoms. The molecule has 0 amide bonds. The lowest BCUT2D eigenvalue weighted by Crippen LogP contribution is -2.49. The highest BCUT2D eigenvalue weighted by Gasteiger charge is 2.21. The maximum atomic E-state index is 5.76. The molecule has 0 spiro atoms. The van der Waals surface area contributed by atoms with Gasteiger partial charge in [-0.05, 0) is 38.8 Å². The molecule has 1 saturated heterocycles. The van der Waals surface area contributed by atoms with E-state index in [-0.39, 0.29) is 0 Å². The lowest BCUT2D eigenvalue weighted by Gasteiger charge is -2.35. The maximum absolute atomic E-state index is 5.76. The average molecular weight is 246 g/mol. The Hall–Kier alpha value is 0.230. The molecule has 0 aliphatic carbocycles. The van der Waals surface area contributed by atoms with Crippen LogP contribution >= 0.6 is 11.8 Å². The first-order valence-electron chi connectivity index (χ1n) is 6.29. The fourth-order valence-electron chi connectivity index (χ4n) is 1.94. The minimum Gasteiger partial charge on any atom is -0.374 e. The second-order valence-electron chi connectivity index (χ2n) is 4.63. The zero-order valence-corrected chi connectivity index (χ0v) is 11.7. The Morgan fingerprint density at radius 1 is 1.50 bits per heavy atom. The Morgan fingerprint density at radius 3 is 3.00 bits per heavy atom. The smallest absolute Gasteiger partial charge is 0.0826 e. The van der Waals surface area contributed by atoms with Crippen LogP contribution in [-0.2, 0) is 4.74 Å². The summed E-state index contributed by atoms with van der Waals surface area (Å²) in [5, 5.41) is 3.48. The van der Waals surface area contributed by atoms with Crippen molar-refractivity contribution in [3.8, 4) is 0 Å². The van der Waals surface area contributed by atoms with Gasteiger partial charge in [-0.15, -0.1) is 0 Å². The van der Waals surface area contributed by atoms with Gasteiger partial charge in [-0.25, -0.2) is 0 Å². The number of ether oxygens (including phenoxy) is 1. The Morgan fingerprint density at radius 2 is 2.31 bits per heavy atom. The van der Waals surface area contributed by atoms with E-state index in [0.717, 1.165) is 32.8 Å². The van der Waals surface area contributed by atoms with E-state index in [2.05, 4.69) is 30.3 Å². The van der Waals surface area contributed by atoms with Gasteiger partial charge in [0.25, 0.3) is 0 Å². The zero-order valence-electron chi connectivity index (χ0n) is 10.9. The zero-order chi connectivity index (χ0) is 11.8. The molecule has 1 aliphatic rings. The van der Waals surface area contributed by atoms with Crippen LogP contribution in [0.3, 0.4) is 0 Å². The van der Waals surface area contributed by atoms with Crippen molar-refractivity contribution in [2.24, 2.45) is 0 Å². The van der Waals surface area contributed by atoms with E-state index in [1.54, 1.807) is 0 Å². The summed E-state index contributed by atoms with van der Waals surface area (Å²) in [6.45, 7) is 9.67. The van der Waals surface area contributed by atoms with Crippen molar-refractivity contribution in [3.63, 3.8) is 0 Å². The van der Waals surface area contributed by atoms with Gasteiger partial charge in [0.15, 0.2) is 0 Å². The van der Waals surface area contributed by atoms with E-state index in [4.69, 9.17) is 4.74 Å². The van der Waals surface area contributed by atoms with E-state index >= 15 is 0 Å². The number of morpholine rings is 1. The molecular weight excluding hydrogens is 220 g/mol. The molecule has 0 aromatic carbocycles. The highest BCUT2D eigenvalue weighted by atomic mass is 32.2. The lowest BCUT2D eigenvalue weighted by molar-refractivity contribution is -0.0370. The van der Waals surface area contributed by atoms with Crippen LogP contribution < -0.4 is 5.32 Å². The van der Waals surface area contributed by atoms with Crippen LogP contribution in [0, 0.1) is 0 Å². The third-order valence-electron chi connectivity index (χ3n) is 2.97. The van der Waals surface area contributed by atoms with Gasteiger partial charge < -0.3 is 10.1 Å². The van der Waals surface area contributed by atoms with Crippen LogP contribution in [0.2, 0.25) is 0 Å². The molecule has 0 aromatic heterocycles. The second kappa shape index (κ2) is 8.34. The molecule has 1 unspecified atom stereocenters. The molecule has 16 heavy (non-hydrogen) atoms.